The molecule has 0 saturated heterocycles. The molecule has 1 aromatic rings. The number of rotatable bonds is 2. The van der Waals surface area contributed by atoms with Gasteiger partial charge in [-0.25, -0.2) is 8.78 Å². The predicted molar refractivity (Wildman–Crippen MR) is 49.2 cm³/mol. The molecular formula is C10H15F2N. The van der Waals surface area contributed by atoms with Crippen molar-refractivity contribution in [3.63, 3.8) is 0 Å². The Morgan fingerprint density at radius 3 is 1.92 bits per heavy atom. The average Bonchev–Trinajstić information content (AvgIpc) is 2.28. The van der Waals surface area contributed by atoms with Gasteiger partial charge in [0, 0.05) is 18.3 Å². The third-order valence-corrected chi connectivity index (χ3v) is 2.45. The van der Waals surface area contributed by atoms with E-state index in [9.17, 15) is 8.78 Å². The van der Waals surface area contributed by atoms with Crippen molar-refractivity contribution in [2.45, 2.75) is 39.7 Å². The molecular weight excluding hydrogens is 172 g/mol. The molecule has 1 heterocycles. The van der Waals surface area contributed by atoms with Gasteiger partial charge >= 0.3 is 0 Å². The minimum Gasteiger partial charge on any atom is -0.340 e. The van der Waals surface area contributed by atoms with E-state index in [1.165, 1.54) is 0 Å². The van der Waals surface area contributed by atoms with Crippen LogP contribution in [0.4, 0.5) is 8.78 Å². The Morgan fingerprint density at radius 2 is 1.62 bits per heavy atom. The highest BCUT2D eigenvalue weighted by atomic mass is 19.3. The molecule has 0 aromatic carbocycles. The van der Waals surface area contributed by atoms with E-state index in [4.69, 9.17) is 0 Å². The Morgan fingerprint density at radius 1 is 1.23 bits per heavy atom. The molecule has 0 N–H and O–H groups in total. The van der Waals surface area contributed by atoms with Gasteiger partial charge in [-0.2, -0.15) is 0 Å². The van der Waals surface area contributed by atoms with Gasteiger partial charge in [0.15, 0.2) is 0 Å². The predicted octanol–water partition coefficient (Wildman–Crippen LogP) is 3.32. The van der Waals surface area contributed by atoms with Crippen molar-refractivity contribution in [1.82, 2.24) is 4.57 Å². The molecule has 1 rings (SSSR count). The lowest BCUT2D eigenvalue weighted by molar-refractivity contribution is -0.0270. The minimum atomic E-state index is -2.67. The lowest BCUT2D eigenvalue weighted by Crippen LogP contribution is -2.26. The number of hydrogen-bond acceptors (Lipinski definition) is 0. The second kappa shape index (κ2) is 3.13. The molecule has 1 nitrogen and oxygen atoms in total. The lowest BCUT2D eigenvalue weighted by atomic mass is 10.2. The van der Waals surface area contributed by atoms with E-state index in [1.54, 1.807) is 11.5 Å². The van der Waals surface area contributed by atoms with E-state index in [0.29, 0.717) is 0 Å². The summed E-state index contributed by atoms with van der Waals surface area (Å²) in [6, 6.07) is 2.94. The molecule has 3 heteroatoms. The maximum Gasteiger partial charge on any atom is 0.265 e. The smallest absolute Gasteiger partial charge is 0.265 e. The first kappa shape index (κ1) is 10.2. The fourth-order valence-corrected chi connectivity index (χ4v) is 1.52. The molecule has 1 atom stereocenters. The monoisotopic (exact) mass is 187 g/mol. The molecule has 1 aromatic heterocycles. The zero-order valence-electron chi connectivity index (χ0n) is 8.44. The maximum absolute atomic E-state index is 13.0. The Bertz CT molecular complexity index is 277. The summed E-state index contributed by atoms with van der Waals surface area (Å²) in [6.07, 6.45) is 0. The van der Waals surface area contributed by atoms with Gasteiger partial charge in [0.05, 0.1) is 6.04 Å². The Labute approximate surface area is 77.4 Å². The SMILES string of the molecule is Cc1ccc(C)n1C(C)C(C)(F)F. The van der Waals surface area contributed by atoms with E-state index in [0.717, 1.165) is 18.3 Å². The number of aryl methyl sites for hydroxylation is 2. The van der Waals surface area contributed by atoms with Gasteiger partial charge in [-0.15, -0.1) is 0 Å². The summed E-state index contributed by atoms with van der Waals surface area (Å²) < 4.78 is 27.7. The molecule has 0 aliphatic carbocycles. The minimum absolute atomic E-state index is 0.775. The van der Waals surface area contributed by atoms with E-state index >= 15 is 0 Å². The fourth-order valence-electron chi connectivity index (χ4n) is 1.52. The molecule has 0 radical (unpaired) electrons. The summed E-state index contributed by atoms with van der Waals surface area (Å²) in [5.74, 6) is -2.67. The van der Waals surface area contributed by atoms with Crippen LogP contribution < -0.4 is 0 Å². The first-order valence-electron chi connectivity index (χ1n) is 4.36. The van der Waals surface area contributed by atoms with Crippen LogP contribution in [0, 0.1) is 13.8 Å². The van der Waals surface area contributed by atoms with Crippen molar-refractivity contribution in [2.24, 2.45) is 0 Å². The summed E-state index contributed by atoms with van der Waals surface area (Å²) in [6.45, 7) is 6.18. The van der Waals surface area contributed by atoms with Gasteiger partial charge in [-0.1, -0.05) is 0 Å². The molecule has 0 aliphatic rings. The van der Waals surface area contributed by atoms with Crippen LogP contribution in [0.2, 0.25) is 0 Å². The lowest BCUT2D eigenvalue weighted by Gasteiger charge is -2.24. The van der Waals surface area contributed by atoms with Crippen molar-refractivity contribution < 1.29 is 8.78 Å². The van der Waals surface area contributed by atoms with Gasteiger partial charge in [-0.3, -0.25) is 0 Å². The molecule has 1 unspecified atom stereocenters. The van der Waals surface area contributed by atoms with Crippen molar-refractivity contribution >= 4 is 0 Å². The van der Waals surface area contributed by atoms with E-state index in [2.05, 4.69) is 0 Å². The van der Waals surface area contributed by atoms with Crippen molar-refractivity contribution in [3.05, 3.63) is 23.5 Å². The summed E-state index contributed by atoms with van der Waals surface area (Å²) in [5, 5.41) is 0. The van der Waals surface area contributed by atoms with Crippen LogP contribution in [0.15, 0.2) is 12.1 Å². The first-order chi connectivity index (χ1) is 5.84. The number of halogens is 2. The van der Waals surface area contributed by atoms with E-state index in [1.807, 2.05) is 26.0 Å². The van der Waals surface area contributed by atoms with E-state index in [-0.39, 0.29) is 0 Å². The topological polar surface area (TPSA) is 4.93 Å². The third kappa shape index (κ3) is 1.90. The number of nitrogens with zero attached hydrogens (tertiary/aromatic N) is 1. The summed E-state index contributed by atoms with van der Waals surface area (Å²) in [5.41, 5.74) is 1.76. The van der Waals surface area contributed by atoms with Gasteiger partial charge in [-0.05, 0) is 32.9 Å². The van der Waals surface area contributed by atoms with Gasteiger partial charge in [0.2, 0.25) is 0 Å². The van der Waals surface area contributed by atoms with Crippen LogP contribution in [0.1, 0.15) is 31.3 Å². The molecule has 13 heavy (non-hydrogen) atoms. The van der Waals surface area contributed by atoms with Crippen molar-refractivity contribution in [1.29, 1.82) is 0 Å². The molecule has 0 bridgehead atoms. The number of alkyl halides is 2. The van der Waals surface area contributed by atoms with Gasteiger partial charge in [0.25, 0.3) is 5.92 Å². The van der Waals surface area contributed by atoms with Crippen LogP contribution in [-0.4, -0.2) is 10.5 Å². The van der Waals surface area contributed by atoms with Crippen LogP contribution in [0.5, 0.6) is 0 Å². The molecule has 0 spiro atoms. The van der Waals surface area contributed by atoms with Crippen molar-refractivity contribution in [3.8, 4) is 0 Å². The standard InChI is InChI=1S/C10H15F2N/c1-7-5-6-8(2)13(7)9(3)10(4,11)12/h5-6,9H,1-4H3. The second-order valence-electron chi connectivity index (χ2n) is 3.62. The molecule has 0 fully saturated rings. The Balaban J connectivity index is 3.08. The van der Waals surface area contributed by atoms with Crippen LogP contribution >= 0.6 is 0 Å². The number of hydrogen-bond donors (Lipinski definition) is 0. The van der Waals surface area contributed by atoms with Gasteiger partial charge < -0.3 is 4.57 Å². The summed E-state index contributed by atoms with van der Waals surface area (Å²) in [4.78, 5) is 0. The molecule has 0 aliphatic heterocycles. The fraction of sp³-hybridized carbons (Fsp3) is 0.600. The molecule has 0 amide bonds. The summed E-state index contributed by atoms with van der Waals surface area (Å²) >= 11 is 0. The van der Waals surface area contributed by atoms with Gasteiger partial charge in [0.1, 0.15) is 0 Å². The quantitative estimate of drug-likeness (QED) is 0.669. The molecule has 74 valence electrons. The zero-order valence-corrected chi connectivity index (χ0v) is 8.44. The largest absolute Gasteiger partial charge is 0.340 e. The highest BCUT2D eigenvalue weighted by molar-refractivity contribution is 5.15. The highest BCUT2D eigenvalue weighted by Crippen LogP contribution is 2.30. The van der Waals surface area contributed by atoms with E-state index < -0.39 is 12.0 Å². The zero-order chi connectivity index (χ0) is 10.2. The second-order valence-corrected chi connectivity index (χ2v) is 3.62. The van der Waals surface area contributed by atoms with Crippen LogP contribution in [-0.2, 0) is 0 Å². The van der Waals surface area contributed by atoms with Crippen LogP contribution in [0.25, 0.3) is 0 Å². The average molecular weight is 187 g/mol. The highest BCUT2D eigenvalue weighted by Gasteiger charge is 2.32. The Kier molecular flexibility index (Phi) is 2.46. The maximum atomic E-state index is 13.0. The summed E-state index contributed by atoms with van der Waals surface area (Å²) in [7, 11) is 0. The normalized spacial score (nSPS) is 14.6. The third-order valence-electron chi connectivity index (χ3n) is 2.45. The van der Waals surface area contributed by atoms with Crippen LogP contribution in [0.3, 0.4) is 0 Å². The number of aromatic nitrogens is 1. The first-order valence-corrected chi connectivity index (χ1v) is 4.36. The molecule has 0 saturated carbocycles. The van der Waals surface area contributed by atoms with Crippen molar-refractivity contribution in [2.75, 3.05) is 0 Å². The Hall–Kier alpha value is -0.860.